The second-order valence-electron chi connectivity index (χ2n) is 7.48. The fourth-order valence-electron chi connectivity index (χ4n) is 3.90. The van der Waals surface area contributed by atoms with Crippen LogP contribution in [0.4, 0.5) is 5.82 Å². The molecule has 1 N–H and O–H groups in total. The third-order valence-electron chi connectivity index (χ3n) is 5.48. The van der Waals surface area contributed by atoms with Gasteiger partial charge in [-0.2, -0.15) is 0 Å². The topological polar surface area (TPSA) is 67.1 Å². The van der Waals surface area contributed by atoms with Gasteiger partial charge in [-0.25, -0.2) is 9.97 Å². The first-order valence-electron chi connectivity index (χ1n) is 10.0. The lowest BCUT2D eigenvalue weighted by Gasteiger charge is -2.32. The number of anilines is 1. The van der Waals surface area contributed by atoms with Crippen molar-refractivity contribution in [1.29, 1.82) is 0 Å². The third kappa shape index (κ3) is 3.98. The molecule has 3 heterocycles. The van der Waals surface area contributed by atoms with E-state index in [4.69, 9.17) is 4.52 Å². The van der Waals surface area contributed by atoms with Crippen LogP contribution in [-0.2, 0) is 6.54 Å². The molecule has 146 valence electrons. The minimum absolute atomic E-state index is 0.416. The largest absolute Gasteiger partial charge is 0.367 e. The third-order valence-corrected chi connectivity index (χ3v) is 5.48. The Hall–Kier alpha value is -3.25. The average molecular weight is 385 g/mol. The lowest BCUT2D eigenvalue weighted by Crippen LogP contribution is -2.38. The Morgan fingerprint density at radius 1 is 0.966 bits per heavy atom. The van der Waals surface area contributed by atoms with Crippen molar-refractivity contribution in [1.82, 2.24) is 20.0 Å². The van der Waals surface area contributed by atoms with E-state index in [1.165, 1.54) is 0 Å². The highest BCUT2D eigenvalue weighted by atomic mass is 16.5. The Bertz CT molecular complexity index is 1080. The monoisotopic (exact) mass is 385 g/mol. The van der Waals surface area contributed by atoms with Gasteiger partial charge in [0.25, 0.3) is 0 Å². The summed E-state index contributed by atoms with van der Waals surface area (Å²) in [7, 11) is 0. The lowest BCUT2D eigenvalue weighted by atomic mass is 10.0. The van der Waals surface area contributed by atoms with Crippen molar-refractivity contribution >= 4 is 16.7 Å². The van der Waals surface area contributed by atoms with Gasteiger partial charge in [-0.1, -0.05) is 47.6 Å². The van der Waals surface area contributed by atoms with Crippen molar-refractivity contribution in [3.05, 3.63) is 72.8 Å². The van der Waals surface area contributed by atoms with Crippen molar-refractivity contribution < 1.29 is 4.52 Å². The van der Waals surface area contributed by atoms with E-state index in [1.54, 1.807) is 6.33 Å². The van der Waals surface area contributed by atoms with Crippen LogP contribution in [0.25, 0.3) is 22.2 Å². The quantitative estimate of drug-likeness (QED) is 0.551. The first-order valence-corrected chi connectivity index (χ1v) is 10.0. The number of benzene rings is 2. The number of nitrogens with one attached hydrogen (secondary N) is 1. The molecule has 1 aliphatic rings. The van der Waals surface area contributed by atoms with Gasteiger partial charge in [0, 0.05) is 36.1 Å². The fourth-order valence-corrected chi connectivity index (χ4v) is 3.90. The predicted octanol–water partition coefficient (Wildman–Crippen LogP) is 4.36. The van der Waals surface area contributed by atoms with E-state index in [-0.39, 0.29) is 0 Å². The molecule has 0 bridgehead atoms. The van der Waals surface area contributed by atoms with Gasteiger partial charge >= 0.3 is 0 Å². The maximum atomic E-state index is 5.57. The Labute approximate surface area is 169 Å². The molecular weight excluding hydrogens is 362 g/mol. The van der Waals surface area contributed by atoms with Crippen LogP contribution in [0, 0.1) is 0 Å². The molecule has 4 aromatic rings. The van der Waals surface area contributed by atoms with E-state index in [2.05, 4.69) is 43.5 Å². The second kappa shape index (κ2) is 8.01. The van der Waals surface area contributed by atoms with E-state index in [1.807, 2.05) is 42.5 Å². The van der Waals surface area contributed by atoms with Crippen LogP contribution >= 0.6 is 0 Å². The zero-order valence-corrected chi connectivity index (χ0v) is 16.2. The van der Waals surface area contributed by atoms with E-state index in [9.17, 15) is 0 Å². The molecule has 6 heteroatoms. The van der Waals surface area contributed by atoms with Gasteiger partial charge < -0.3 is 9.84 Å². The van der Waals surface area contributed by atoms with Gasteiger partial charge in [0.05, 0.1) is 12.1 Å². The molecule has 5 rings (SSSR count). The maximum Gasteiger partial charge on any atom is 0.151 e. The molecule has 0 atom stereocenters. The van der Waals surface area contributed by atoms with Gasteiger partial charge in [0.15, 0.2) is 5.76 Å². The summed E-state index contributed by atoms with van der Waals surface area (Å²) in [5.41, 5.74) is 2.96. The molecule has 0 radical (unpaired) electrons. The minimum atomic E-state index is 0.416. The maximum absolute atomic E-state index is 5.57. The Balaban J connectivity index is 1.18. The number of para-hydroxylation sites is 1. The van der Waals surface area contributed by atoms with Crippen LogP contribution in [-0.4, -0.2) is 39.2 Å². The molecular formula is C23H23N5O. The van der Waals surface area contributed by atoms with E-state index in [0.29, 0.717) is 6.04 Å². The van der Waals surface area contributed by atoms with Crippen molar-refractivity contribution in [3.8, 4) is 11.3 Å². The number of nitrogens with zero attached hydrogens (tertiary/aromatic N) is 4. The van der Waals surface area contributed by atoms with Crippen LogP contribution in [0.15, 0.2) is 71.5 Å². The number of aromatic nitrogens is 3. The van der Waals surface area contributed by atoms with Gasteiger partial charge in [-0.05, 0) is 25.0 Å². The summed E-state index contributed by atoms with van der Waals surface area (Å²) in [5.74, 6) is 1.84. The summed E-state index contributed by atoms with van der Waals surface area (Å²) in [4.78, 5) is 11.2. The number of hydrogen-bond donors (Lipinski definition) is 1. The molecule has 2 aromatic carbocycles. The number of likely N-dealkylation sites (tertiary alicyclic amines) is 1. The van der Waals surface area contributed by atoms with Crippen LogP contribution in [0.1, 0.15) is 18.6 Å². The predicted molar refractivity (Wildman–Crippen MR) is 113 cm³/mol. The molecule has 1 saturated heterocycles. The lowest BCUT2D eigenvalue weighted by molar-refractivity contribution is 0.189. The van der Waals surface area contributed by atoms with E-state index < -0.39 is 0 Å². The summed E-state index contributed by atoms with van der Waals surface area (Å²) in [5, 5.41) is 8.92. The van der Waals surface area contributed by atoms with Crippen LogP contribution < -0.4 is 5.32 Å². The normalized spacial score (nSPS) is 15.6. The highest BCUT2D eigenvalue weighted by Gasteiger charge is 2.21. The minimum Gasteiger partial charge on any atom is -0.367 e. The molecule has 29 heavy (non-hydrogen) atoms. The molecule has 0 spiro atoms. The summed E-state index contributed by atoms with van der Waals surface area (Å²) in [6.45, 7) is 2.83. The Morgan fingerprint density at radius 2 is 1.76 bits per heavy atom. The highest BCUT2D eigenvalue weighted by Crippen LogP contribution is 2.24. The molecule has 0 saturated carbocycles. The molecule has 1 fully saturated rings. The number of piperidine rings is 1. The Kier molecular flexibility index (Phi) is 4.92. The smallest absolute Gasteiger partial charge is 0.151 e. The first kappa shape index (κ1) is 17.8. The van der Waals surface area contributed by atoms with Crippen molar-refractivity contribution in [3.63, 3.8) is 0 Å². The van der Waals surface area contributed by atoms with Crippen LogP contribution in [0.3, 0.4) is 0 Å². The zero-order valence-electron chi connectivity index (χ0n) is 16.2. The van der Waals surface area contributed by atoms with Crippen LogP contribution in [0.2, 0.25) is 0 Å². The summed E-state index contributed by atoms with van der Waals surface area (Å²) >= 11 is 0. The highest BCUT2D eigenvalue weighted by molar-refractivity contribution is 5.88. The molecule has 6 nitrogen and oxygen atoms in total. The SMILES string of the molecule is c1ccc(-c2cc(CN3CCC(Nc4ncnc5ccccc45)CC3)on2)cc1. The van der Waals surface area contributed by atoms with E-state index in [0.717, 1.165) is 66.2 Å². The zero-order chi connectivity index (χ0) is 19.5. The van der Waals surface area contributed by atoms with E-state index >= 15 is 0 Å². The van der Waals surface area contributed by atoms with Gasteiger partial charge in [0.2, 0.25) is 0 Å². The van der Waals surface area contributed by atoms with Crippen molar-refractivity contribution in [2.75, 3.05) is 18.4 Å². The standard InChI is InChI=1S/C23H23N5O/c1-2-6-17(7-3-1)22-14-19(29-27-22)15-28-12-10-18(11-13-28)26-23-20-8-4-5-9-21(20)24-16-25-23/h1-9,14,16,18H,10-13,15H2,(H,24,25,26). The fraction of sp³-hybridized carbons (Fsp3) is 0.261. The number of rotatable bonds is 5. The molecule has 1 aliphatic heterocycles. The molecule has 0 aliphatic carbocycles. The first-order chi connectivity index (χ1) is 14.3. The molecule has 2 aromatic heterocycles. The van der Waals surface area contributed by atoms with Crippen molar-refractivity contribution in [2.24, 2.45) is 0 Å². The summed E-state index contributed by atoms with van der Waals surface area (Å²) < 4.78 is 5.57. The molecule has 0 amide bonds. The van der Waals surface area contributed by atoms with Crippen LogP contribution in [0.5, 0.6) is 0 Å². The van der Waals surface area contributed by atoms with Gasteiger partial charge in [-0.3, -0.25) is 4.90 Å². The summed E-state index contributed by atoms with van der Waals surface area (Å²) in [6.07, 6.45) is 3.77. The van der Waals surface area contributed by atoms with Gasteiger partial charge in [-0.15, -0.1) is 0 Å². The Morgan fingerprint density at radius 3 is 2.62 bits per heavy atom. The molecule has 0 unspecified atom stereocenters. The number of hydrogen-bond acceptors (Lipinski definition) is 6. The number of fused-ring (bicyclic) bond motifs is 1. The average Bonchev–Trinajstić information content (AvgIpc) is 3.25. The van der Waals surface area contributed by atoms with Gasteiger partial charge in [0.1, 0.15) is 17.8 Å². The summed E-state index contributed by atoms with van der Waals surface area (Å²) in [6, 6.07) is 20.7. The second-order valence-corrected chi connectivity index (χ2v) is 7.48. The van der Waals surface area contributed by atoms with Crippen molar-refractivity contribution in [2.45, 2.75) is 25.4 Å².